The first-order valence-corrected chi connectivity index (χ1v) is 12.7. The van der Waals surface area contributed by atoms with Crippen LogP contribution in [0.1, 0.15) is 66.2 Å². The molecule has 0 spiro atoms. The van der Waals surface area contributed by atoms with Crippen LogP contribution in [-0.2, 0) is 14.8 Å². The summed E-state index contributed by atoms with van der Waals surface area (Å²) in [5.74, 6) is 1.52. The van der Waals surface area contributed by atoms with Gasteiger partial charge >= 0.3 is 0 Å². The monoisotopic (exact) mass is 432 g/mol. The molecule has 4 saturated carbocycles. The van der Waals surface area contributed by atoms with E-state index in [4.69, 9.17) is 0 Å². The zero-order chi connectivity index (χ0) is 21.9. The summed E-state index contributed by atoms with van der Waals surface area (Å²) in [5.41, 5.74) is 1.31. The third kappa shape index (κ3) is 4.18. The molecule has 0 aliphatic heterocycles. The standard InChI is InChI=1S/C24H36N2O3S/c1-16(27)26(5)20-7-6-8-21(11-20)30(28,29)25-22-18-9-17-10-19(22)14-24(12-17,13-18)15-23(2,3)4/h6-8,11,17-19,22,25H,9-10,12-15H2,1-5H3. The van der Waals surface area contributed by atoms with Crippen LogP contribution in [0.4, 0.5) is 5.69 Å². The van der Waals surface area contributed by atoms with Gasteiger partial charge in [0.2, 0.25) is 15.9 Å². The van der Waals surface area contributed by atoms with Crippen molar-refractivity contribution in [3.63, 3.8) is 0 Å². The summed E-state index contributed by atoms with van der Waals surface area (Å²) in [4.78, 5) is 13.4. The number of anilines is 1. The van der Waals surface area contributed by atoms with E-state index in [0.29, 0.717) is 28.4 Å². The number of benzene rings is 1. The smallest absolute Gasteiger partial charge is 0.240 e. The van der Waals surface area contributed by atoms with Crippen LogP contribution in [0.3, 0.4) is 0 Å². The van der Waals surface area contributed by atoms with Crippen molar-refractivity contribution in [1.82, 2.24) is 4.72 Å². The summed E-state index contributed by atoms with van der Waals surface area (Å²) in [6.45, 7) is 8.46. The minimum atomic E-state index is -3.63. The van der Waals surface area contributed by atoms with Gasteiger partial charge in [-0.05, 0) is 85.3 Å². The molecule has 0 radical (unpaired) electrons. The quantitative estimate of drug-likeness (QED) is 0.741. The number of nitrogens with zero attached hydrogens (tertiary/aromatic N) is 1. The molecule has 1 aromatic carbocycles. The summed E-state index contributed by atoms with van der Waals surface area (Å²) in [5, 5.41) is 0. The Bertz CT molecular complexity index is 918. The largest absolute Gasteiger partial charge is 0.316 e. The number of carbonyl (C=O) groups excluding carboxylic acids is 1. The number of amides is 1. The van der Waals surface area contributed by atoms with E-state index in [0.717, 1.165) is 31.6 Å². The fraction of sp³-hybridized carbons (Fsp3) is 0.708. The first kappa shape index (κ1) is 21.8. The van der Waals surface area contributed by atoms with Crippen molar-refractivity contribution < 1.29 is 13.2 Å². The number of carbonyl (C=O) groups is 1. The van der Waals surface area contributed by atoms with Gasteiger partial charge in [0.05, 0.1) is 4.90 Å². The summed E-state index contributed by atoms with van der Waals surface area (Å²) in [6, 6.07) is 6.73. The second-order valence-electron chi connectivity index (χ2n) is 11.4. The highest BCUT2D eigenvalue weighted by atomic mass is 32.2. The number of sulfonamides is 1. The van der Waals surface area contributed by atoms with E-state index in [1.165, 1.54) is 24.7 Å². The Morgan fingerprint density at radius 2 is 1.80 bits per heavy atom. The fourth-order valence-electron chi connectivity index (χ4n) is 7.01. The fourth-order valence-corrected chi connectivity index (χ4v) is 8.43. The maximum Gasteiger partial charge on any atom is 0.240 e. The molecule has 1 aromatic rings. The number of nitrogens with one attached hydrogen (secondary N) is 1. The molecule has 2 unspecified atom stereocenters. The Morgan fingerprint density at radius 3 is 2.37 bits per heavy atom. The van der Waals surface area contributed by atoms with E-state index in [9.17, 15) is 13.2 Å². The molecule has 0 aromatic heterocycles. The topological polar surface area (TPSA) is 66.5 Å². The Labute approximate surface area is 181 Å². The molecule has 1 amide bonds. The van der Waals surface area contributed by atoms with Gasteiger partial charge in [-0.15, -0.1) is 0 Å². The molecular weight excluding hydrogens is 396 g/mol. The van der Waals surface area contributed by atoms with Gasteiger partial charge in [0.25, 0.3) is 0 Å². The molecule has 1 N–H and O–H groups in total. The molecule has 4 bridgehead atoms. The maximum absolute atomic E-state index is 13.3. The number of hydrogen-bond acceptors (Lipinski definition) is 3. The van der Waals surface area contributed by atoms with Crippen molar-refractivity contribution in [2.24, 2.45) is 28.6 Å². The van der Waals surface area contributed by atoms with Crippen molar-refractivity contribution >= 4 is 21.6 Å². The molecule has 6 heteroatoms. The van der Waals surface area contributed by atoms with Crippen molar-refractivity contribution in [1.29, 1.82) is 0 Å². The highest BCUT2D eigenvalue weighted by molar-refractivity contribution is 7.89. The SMILES string of the molecule is CC(=O)N(C)c1cccc(S(=O)(=O)NC2C3CC4CC2CC(CC(C)(C)C)(C4)C3)c1. The predicted octanol–water partition coefficient (Wildman–Crippen LogP) is 4.58. The minimum Gasteiger partial charge on any atom is -0.316 e. The van der Waals surface area contributed by atoms with E-state index in [1.54, 1.807) is 31.3 Å². The predicted molar refractivity (Wildman–Crippen MR) is 120 cm³/mol. The van der Waals surface area contributed by atoms with Crippen LogP contribution in [0.15, 0.2) is 29.2 Å². The average Bonchev–Trinajstić information content (AvgIpc) is 2.61. The third-order valence-corrected chi connectivity index (χ3v) is 9.04. The van der Waals surface area contributed by atoms with Gasteiger partial charge in [-0.1, -0.05) is 26.8 Å². The lowest BCUT2D eigenvalue weighted by atomic mass is 9.46. The van der Waals surface area contributed by atoms with Crippen LogP contribution in [-0.4, -0.2) is 27.4 Å². The molecule has 4 aliphatic rings. The molecule has 5 nitrogen and oxygen atoms in total. The molecule has 4 aliphatic carbocycles. The van der Waals surface area contributed by atoms with Crippen LogP contribution in [0.2, 0.25) is 0 Å². The minimum absolute atomic E-state index is 0.0360. The van der Waals surface area contributed by atoms with Gasteiger partial charge in [0.1, 0.15) is 0 Å². The molecule has 5 rings (SSSR count). The summed E-state index contributed by atoms with van der Waals surface area (Å²) in [7, 11) is -1.97. The highest BCUT2D eigenvalue weighted by Gasteiger charge is 2.56. The van der Waals surface area contributed by atoms with Gasteiger partial charge in [0, 0.05) is 25.7 Å². The van der Waals surface area contributed by atoms with Crippen LogP contribution < -0.4 is 9.62 Å². The van der Waals surface area contributed by atoms with Crippen LogP contribution in [0.5, 0.6) is 0 Å². The third-order valence-electron chi connectivity index (χ3n) is 7.58. The Balaban J connectivity index is 1.54. The van der Waals surface area contributed by atoms with Gasteiger partial charge in [0.15, 0.2) is 0 Å². The van der Waals surface area contributed by atoms with E-state index < -0.39 is 10.0 Å². The Hall–Kier alpha value is -1.40. The van der Waals surface area contributed by atoms with Crippen LogP contribution in [0, 0.1) is 28.6 Å². The first-order chi connectivity index (χ1) is 13.9. The lowest BCUT2D eigenvalue weighted by Crippen LogP contribution is -2.59. The zero-order valence-corrected chi connectivity index (χ0v) is 19.8. The van der Waals surface area contributed by atoms with E-state index in [2.05, 4.69) is 25.5 Å². The van der Waals surface area contributed by atoms with Crippen molar-refractivity contribution in [3.8, 4) is 0 Å². The Kier molecular flexibility index (Phi) is 5.33. The molecular formula is C24H36N2O3S. The lowest BCUT2D eigenvalue weighted by Gasteiger charge is -2.61. The number of hydrogen-bond donors (Lipinski definition) is 1. The molecule has 0 heterocycles. The lowest BCUT2D eigenvalue weighted by molar-refractivity contribution is -0.116. The Morgan fingerprint density at radius 1 is 1.17 bits per heavy atom. The normalized spacial score (nSPS) is 33.0. The highest BCUT2D eigenvalue weighted by Crippen LogP contribution is 2.63. The molecule has 30 heavy (non-hydrogen) atoms. The first-order valence-electron chi connectivity index (χ1n) is 11.2. The number of rotatable bonds is 5. The second-order valence-corrected chi connectivity index (χ2v) is 13.1. The van der Waals surface area contributed by atoms with Crippen LogP contribution >= 0.6 is 0 Å². The molecule has 4 fully saturated rings. The summed E-state index contributed by atoms with van der Waals surface area (Å²) in [6.07, 6.45) is 7.18. The summed E-state index contributed by atoms with van der Waals surface area (Å²) < 4.78 is 29.6. The molecule has 0 saturated heterocycles. The van der Waals surface area contributed by atoms with E-state index in [-0.39, 0.29) is 16.8 Å². The van der Waals surface area contributed by atoms with E-state index >= 15 is 0 Å². The maximum atomic E-state index is 13.3. The molecule has 166 valence electrons. The van der Waals surface area contributed by atoms with Crippen molar-refractivity contribution in [3.05, 3.63) is 24.3 Å². The van der Waals surface area contributed by atoms with Gasteiger partial charge < -0.3 is 4.90 Å². The zero-order valence-electron chi connectivity index (χ0n) is 18.9. The van der Waals surface area contributed by atoms with Gasteiger partial charge in [-0.3, -0.25) is 4.79 Å². The van der Waals surface area contributed by atoms with Crippen LogP contribution in [0.25, 0.3) is 0 Å². The van der Waals surface area contributed by atoms with Gasteiger partial charge in [-0.25, -0.2) is 13.1 Å². The van der Waals surface area contributed by atoms with Gasteiger partial charge in [-0.2, -0.15) is 0 Å². The van der Waals surface area contributed by atoms with Crippen molar-refractivity contribution in [2.45, 2.75) is 77.2 Å². The molecule has 2 atom stereocenters. The van der Waals surface area contributed by atoms with Crippen molar-refractivity contribution in [2.75, 3.05) is 11.9 Å². The second kappa shape index (κ2) is 7.33. The van der Waals surface area contributed by atoms with E-state index in [1.807, 2.05) is 0 Å². The average molecular weight is 433 g/mol. The summed E-state index contributed by atoms with van der Waals surface area (Å²) >= 11 is 0.